The molecule has 1 aliphatic heterocycles. The van der Waals surface area contributed by atoms with Crippen molar-refractivity contribution in [1.29, 1.82) is 0 Å². The lowest BCUT2D eigenvalue weighted by molar-refractivity contribution is -0.124. The Morgan fingerprint density at radius 1 is 1.17 bits per heavy atom. The Morgan fingerprint density at radius 3 is 2.93 bits per heavy atom. The molecule has 2 N–H and O–H groups in total. The van der Waals surface area contributed by atoms with E-state index in [0.29, 0.717) is 24.4 Å². The molecule has 2 aromatic carbocycles. The number of rotatable bonds is 7. The van der Waals surface area contributed by atoms with Crippen LogP contribution in [0.15, 0.2) is 54.9 Å². The number of carbonyl (C=O) groups is 2. The van der Waals surface area contributed by atoms with Gasteiger partial charge in [-0.05, 0) is 49.6 Å². The van der Waals surface area contributed by atoms with Crippen LogP contribution in [0.3, 0.4) is 0 Å². The molecular weight excluding hydrogens is 368 g/mol. The number of anilines is 1. The lowest BCUT2D eigenvalue weighted by atomic mass is 10.1. The standard InChI is InChI=1S/C22H24N4O3/c27-21(23-11-5-12-26-15-24-18-8-1-2-9-19(18)26)16-6-3-7-17(14-16)25-22(28)20-10-4-13-29-20/h1-3,6-9,14-15,20H,4-5,10-13H2,(H,23,27)(H,25,28). The van der Waals surface area contributed by atoms with Crippen LogP contribution in [0.25, 0.3) is 11.0 Å². The third-order valence-corrected chi connectivity index (χ3v) is 5.00. The van der Waals surface area contributed by atoms with Gasteiger partial charge in [0.1, 0.15) is 6.10 Å². The number of nitrogens with zero attached hydrogens (tertiary/aromatic N) is 2. The van der Waals surface area contributed by atoms with Gasteiger partial charge in [-0.25, -0.2) is 4.98 Å². The average molecular weight is 392 g/mol. The van der Waals surface area contributed by atoms with Gasteiger partial charge in [-0.15, -0.1) is 0 Å². The molecule has 2 heterocycles. The quantitative estimate of drug-likeness (QED) is 0.606. The Bertz CT molecular complexity index is 1010. The van der Waals surface area contributed by atoms with E-state index >= 15 is 0 Å². The molecule has 1 atom stereocenters. The van der Waals surface area contributed by atoms with E-state index in [1.165, 1.54) is 0 Å². The zero-order valence-electron chi connectivity index (χ0n) is 16.1. The van der Waals surface area contributed by atoms with Crippen molar-refractivity contribution in [2.75, 3.05) is 18.5 Å². The largest absolute Gasteiger partial charge is 0.368 e. The second-order valence-corrected chi connectivity index (χ2v) is 7.11. The van der Waals surface area contributed by atoms with Crippen LogP contribution in [0.5, 0.6) is 0 Å². The number of para-hydroxylation sites is 2. The molecule has 0 aliphatic carbocycles. The first kappa shape index (κ1) is 19.1. The maximum Gasteiger partial charge on any atom is 0.253 e. The smallest absolute Gasteiger partial charge is 0.253 e. The van der Waals surface area contributed by atoms with E-state index in [2.05, 4.69) is 20.2 Å². The summed E-state index contributed by atoms with van der Waals surface area (Å²) >= 11 is 0. The van der Waals surface area contributed by atoms with E-state index in [-0.39, 0.29) is 11.8 Å². The minimum absolute atomic E-state index is 0.159. The fourth-order valence-corrected chi connectivity index (χ4v) is 3.49. The lowest BCUT2D eigenvalue weighted by Crippen LogP contribution is -2.27. The number of benzene rings is 2. The van der Waals surface area contributed by atoms with Crippen molar-refractivity contribution >= 4 is 28.5 Å². The third-order valence-electron chi connectivity index (χ3n) is 5.00. The number of imidazole rings is 1. The number of fused-ring (bicyclic) bond motifs is 1. The van der Waals surface area contributed by atoms with Crippen molar-refractivity contribution in [3.8, 4) is 0 Å². The first-order valence-corrected chi connectivity index (χ1v) is 9.91. The fraction of sp³-hybridized carbons (Fsp3) is 0.318. The van der Waals surface area contributed by atoms with Crippen molar-refractivity contribution in [2.24, 2.45) is 0 Å². The highest BCUT2D eigenvalue weighted by Crippen LogP contribution is 2.16. The summed E-state index contributed by atoms with van der Waals surface area (Å²) in [5.41, 5.74) is 3.18. The lowest BCUT2D eigenvalue weighted by Gasteiger charge is -2.11. The number of hydrogen-bond donors (Lipinski definition) is 2. The Morgan fingerprint density at radius 2 is 2.07 bits per heavy atom. The normalized spacial score (nSPS) is 16.1. The molecule has 0 saturated carbocycles. The highest BCUT2D eigenvalue weighted by molar-refractivity contribution is 5.98. The minimum Gasteiger partial charge on any atom is -0.368 e. The van der Waals surface area contributed by atoms with Gasteiger partial charge in [-0.2, -0.15) is 0 Å². The van der Waals surface area contributed by atoms with Crippen molar-refractivity contribution in [3.63, 3.8) is 0 Å². The SMILES string of the molecule is O=C(NCCCn1cnc2ccccc21)c1cccc(NC(=O)C2CCCO2)c1. The van der Waals surface area contributed by atoms with Gasteiger partial charge < -0.3 is 19.9 Å². The Kier molecular flexibility index (Phi) is 5.86. The van der Waals surface area contributed by atoms with Gasteiger partial charge in [0.05, 0.1) is 17.4 Å². The van der Waals surface area contributed by atoms with Crippen LogP contribution in [0.2, 0.25) is 0 Å². The first-order valence-electron chi connectivity index (χ1n) is 9.91. The highest BCUT2D eigenvalue weighted by Gasteiger charge is 2.23. The van der Waals surface area contributed by atoms with Crippen molar-refractivity contribution in [1.82, 2.24) is 14.9 Å². The second-order valence-electron chi connectivity index (χ2n) is 7.11. The van der Waals surface area contributed by atoms with Crippen molar-refractivity contribution in [2.45, 2.75) is 31.9 Å². The molecule has 1 unspecified atom stereocenters. The zero-order valence-corrected chi connectivity index (χ0v) is 16.1. The van der Waals surface area contributed by atoms with Crippen LogP contribution in [-0.2, 0) is 16.1 Å². The van der Waals surface area contributed by atoms with Gasteiger partial charge in [-0.1, -0.05) is 18.2 Å². The molecule has 1 aliphatic rings. The number of ether oxygens (including phenoxy) is 1. The maximum absolute atomic E-state index is 12.4. The summed E-state index contributed by atoms with van der Waals surface area (Å²) < 4.78 is 7.48. The van der Waals surface area contributed by atoms with Crippen LogP contribution in [0, 0.1) is 0 Å². The highest BCUT2D eigenvalue weighted by atomic mass is 16.5. The molecule has 150 valence electrons. The summed E-state index contributed by atoms with van der Waals surface area (Å²) in [4.78, 5) is 29.0. The summed E-state index contributed by atoms with van der Waals surface area (Å²) in [6.07, 6.45) is 3.86. The summed E-state index contributed by atoms with van der Waals surface area (Å²) in [6.45, 7) is 1.95. The molecule has 0 spiro atoms. The molecule has 1 fully saturated rings. The zero-order chi connectivity index (χ0) is 20.1. The number of amides is 2. The van der Waals surface area contributed by atoms with E-state index in [0.717, 1.165) is 36.8 Å². The van der Waals surface area contributed by atoms with Gasteiger partial charge in [0.2, 0.25) is 0 Å². The summed E-state index contributed by atoms with van der Waals surface area (Å²) in [7, 11) is 0. The molecule has 0 bridgehead atoms. The van der Waals surface area contributed by atoms with Crippen LogP contribution in [-0.4, -0.2) is 40.6 Å². The average Bonchev–Trinajstić information content (AvgIpc) is 3.42. The van der Waals surface area contributed by atoms with Crippen LogP contribution in [0.4, 0.5) is 5.69 Å². The molecule has 7 heteroatoms. The van der Waals surface area contributed by atoms with Crippen molar-refractivity contribution < 1.29 is 14.3 Å². The number of aryl methyl sites for hydroxylation is 1. The Balaban J connectivity index is 1.27. The van der Waals surface area contributed by atoms with Gasteiger partial charge >= 0.3 is 0 Å². The third kappa shape index (κ3) is 4.63. The van der Waals surface area contributed by atoms with E-state index in [1.54, 1.807) is 24.3 Å². The van der Waals surface area contributed by atoms with Gasteiger partial charge in [0, 0.05) is 30.9 Å². The monoisotopic (exact) mass is 392 g/mol. The molecule has 1 aromatic heterocycles. The number of carbonyl (C=O) groups excluding carboxylic acids is 2. The maximum atomic E-state index is 12.4. The minimum atomic E-state index is -0.397. The number of hydrogen-bond acceptors (Lipinski definition) is 4. The molecule has 0 radical (unpaired) electrons. The summed E-state index contributed by atoms with van der Waals surface area (Å²) in [5.74, 6) is -0.318. The Labute approximate surface area is 169 Å². The Hall–Kier alpha value is -3.19. The molecule has 3 aromatic rings. The van der Waals surface area contributed by atoms with Gasteiger partial charge in [0.15, 0.2) is 0 Å². The molecule has 7 nitrogen and oxygen atoms in total. The molecule has 4 rings (SSSR count). The first-order chi connectivity index (χ1) is 14.2. The van der Waals surface area contributed by atoms with E-state index < -0.39 is 6.10 Å². The molecular formula is C22H24N4O3. The van der Waals surface area contributed by atoms with Gasteiger partial charge in [-0.3, -0.25) is 9.59 Å². The second kappa shape index (κ2) is 8.87. The van der Waals surface area contributed by atoms with Gasteiger partial charge in [0.25, 0.3) is 11.8 Å². The topological polar surface area (TPSA) is 85.3 Å². The van der Waals surface area contributed by atoms with Crippen LogP contribution < -0.4 is 10.6 Å². The molecule has 29 heavy (non-hydrogen) atoms. The predicted molar refractivity (Wildman–Crippen MR) is 111 cm³/mol. The van der Waals surface area contributed by atoms with E-state index in [1.807, 2.05) is 30.6 Å². The fourth-order valence-electron chi connectivity index (χ4n) is 3.49. The van der Waals surface area contributed by atoms with Crippen LogP contribution >= 0.6 is 0 Å². The summed E-state index contributed by atoms with van der Waals surface area (Å²) in [5, 5.41) is 5.76. The summed E-state index contributed by atoms with van der Waals surface area (Å²) in [6, 6.07) is 14.9. The van der Waals surface area contributed by atoms with E-state index in [9.17, 15) is 9.59 Å². The van der Waals surface area contributed by atoms with Crippen LogP contribution in [0.1, 0.15) is 29.6 Å². The molecule has 1 saturated heterocycles. The van der Waals surface area contributed by atoms with E-state index in [4.69, 9.17) is 4.74 Å². The predicted octanol–water partition coefficient (Wildman–Crippen LogP) is 2.97. The number of nitrogens with one attached hydrogen (secondary N) is 2. The number of aromatic nitrogens is 2. The molecule has 2 amide bonds. The van der Waals surface area contributed by atoms with Crippen molar-refractivity contribution in [3.05, 3.63) is 60.4 Å².